The minimum atomic E-state index is -0.320. The summed E-state index contributed by atoms with van der Waals surface area (Å²) in [7, 11) is 0. The molecule has 2 amide bonds. The number of halogens is 1. The summed E-state index contributed by atoms with van der Waals surface area (Å²) in [5.41, 5.74) is 6.09. The highest BCUT2D eigenvalue weighted by Gasteiger charge is 2.41. The first kappa shape index (κ1) is 20.2. The molecule has 1 aliphatic carbocycles. The van der Waals surface area contributed by atoms with Crippen molar-refractivity contribution >= 4 is 35.0 Å². The lowest BCUT2D eigenvalue weighted by molar-refractivity contribution is -0.122. The first-order chi connectivity index (χ1) is 12.0. The van der Waals surface area contributed by atoms with E-state index < -0.39 is 0 Å². The molecular formula is C20H26ClN3O2. The lowest BCUT2D eigenvalue weighted by Crippen LogP contribution is -2.53. The average molecular weight is 376 g/mol. The number of nitrogens with two attached hydrogens (primary N) is 1. The Labute approximate surface area is 160 Å². The van der Waals surface area contributed by atoms with E-state index in [-0.39, 0.29) is 36.2 Å². The van der Waals surface area contributed by atoms with Gasteiger partial charge < -0.3 is 16.4 Å². The fraction of sp³-hybridized carbons (Fsp3) is 0.400. The van der Waals surface area contributed by atoms with E-state index in [0.29, 0.717) is 24.6 Å². The minimum absolute atomic E-state index is 0. The van der Waals surface area contributed by atoms with Crippen molar-refractivity contribution in [2.24, 2.45) is 11.7 Å². The number of amides is 2. The molecule has 140 valence electrons. The van der Waals surface area contributed by atoms with E-state index in [9.17, 15) is 9.59 Å². The SMILES string of the molecule is CC(CN)(NC(=O)CCNC(=O)c1ccc2ccccc2c1)C1CC1.Cl. The molecule has 3 rings (SSSR count). The summed E-state index contributed by atoms with van der Waals surface area (Å²) < 4.78 is 0. The molecule has 2 aromatic rings. The second-order valence-electron chi connectivity index (χ2n) is 7.01. The lowest BCUT2D eigenvalue weighted by atomic mass is 9.96. The lowest BCUT2D eigenvalue weighted by Gasteiger charge is -2.29. The summed E-state index contributed by atoms with van der Waals surface area (Å²) in [5, 5.41) is 7.96. The molecule has 0 saturated heterocycles. The molecule has 4 N–H and O–H groups in total. The smallest absolute Gasteiger partial charge is 0.251 e. The van der Waals surface area contributed by atoms with Crippen LogP contribution in [0.25, 0.3) is 10.8 Å². The van der Waals surface area contributed by atoms with Gasteiger partial charge in [0.25, 0.3) is 5.91 Å². The Balaban J connectivity index is 0.00000243. The fourth-order valence-corrected chi connectivity index (χ4v) is 3.14. The van der Waals surface area contributed by atoms with Gasteiger partial charge in [0.2, 0.25) is 5.91 Å². The van der Waals surface area contributed by atoms with Crippen molar-refractivity contribution in [1.82, 2.24) is 10.6 Å². The zero-order valence-corrected chi connectivity index (χ0v) is 15.8. The monoisotopic (exact) mass is 375 g/mol. The standard InChI is InChI=1S/C20H25N3O2.ClH/c1-20(13-21,17-8-9-17)23-18(24)10-11-22-19(25)16-7-6-14-4-2-3-5-15(14)12-16;/h2-7,12,17H,8-11,13,21H2,1H3,(H,22,25)(H,23,24);1H. The quantitative estimate of drug-likeness (QED) is 0.695. The molecule has 1 saturated carbocycles. The van der Waals surface area contributed by atoms with Crippen LogP contribution in [0.4, 0.5) is 0 Å². The maximum atomic E-state index is 12.3. The minimum Gasteiger partial charge on any atom is -0.352 e. The van der Waals surface area contributed by atoms with Crippen LogP contribution in [0.2, 0.25) is 0 Å². The molecule has 2 aromatic carbocycles. The van der Waals surface area contributed by atoms with Crippen LogP contribution >= 0.6 is 12.4 Å². The van der Waals surface area contributed by atoms with Gasteiger partial charge in [-0.25, -0.2) is 0 Å². The zero-order valence-electron chi connectivity index (χ0n) is 15.0. The second kappa shape index (κ2) is 8.52. The molecule has 1 atom stereocenters. The maximum Gasteiger partial charge on any atom is 0.251 e. The van der Waals surface area contributed by atoms with Crippen LogP contribution in [0.3, 0.4) is 0 Å². The van der Waals surface area contributed by atoms with E-state index in [1.54, 1.807) is 6.07 Å². The molecule has 1 unspecified atom stereocenters. The molecule has 5 nitrogen and oxygen atoms in total. The maximum absolute atomic E-state index is 12.3. The second-order valence-corrected chi connectivity index (χ2v) is 7.01. The number of carbonyl (C=O) groups excluding carboxylic acids is 2. The number of rotatable bonds is 7. The van der Waals surface area contributed by atoms with Crippen molar-refractivity contribution < 1.29 is 9.59 Å². The van der Waals surface area contributed by atoms with Crippen molar-refractivity contribution in [2.45, 2.75) is 31.7 Å². The van der Waals surface area contributed by atoms with Gasteiger partial charge in [0.1, 0.15) is 0 Å². The Morgan fingerprint density at radius 3 is 2.50 bits per heavy atom. The topological polar surface area (TPSA) is 84.2 Å². The molecular weight excluding hydrogens is 350 g/mol. The van der Waals surface area contributed by atoms with E-state index in [0.717, 1.165) is 23.6 Å². The van der Waals surface area contributed by atoms with E-state index in [4.69, 9.17) is 5.73 Å². The number of hydrogen-bond acceptors (Lipinski definition) is 3. The highest BCUT2D eigenvalue weighted by molar-refractivity contribution is 5.98. The summed E-state index contributed by atoms with van der Waals surface area (Å²) in [5.74, 6) is 0.245. The van der Waals surface area contributed by atoms with Crippen LogP contribution in [-0.4, -0.2) is 30.4 Å². The van der Waals surface area contributed by atoms with Crippen LogP contribution < -0.4 is 16.4 Å². The highest BCUT2D eigenvalue weighted by atomic mass is 35.5. The van der Waals surface area contributed by atoms with Gasteiger partial charge in [0, 0.05) is 25.1 Å². The largest absolute Gasteiger partial charge is 0.352 e. The number of nitrogens with one attached hydrogen (secondary N) is 2. The molecule has 0 heterocycles. The molecule has 0 bridgehead atoms. The molecule has 26 heavy (non-hydrogen) atoms. The average Bonchev–Trinajstić information content (AvgIpc) is 3.46. The van der Waals surface area contributed by atoms with Gasteiger partial charge in [0.15, 0.2) is 0 Å². The van der Waals surface area contributed by atoms with Crippen LogP contribution in [0, 0.1) is 5.92 Å². The first-order valence-corrected chi connectivity index (χ1v) is 8.80. The summed E-state index contributed by atoms with van der Waals surface area (Å²) in [6, 6.07) is 13.5. The predicted molar refractivity (Wildman–Crippen MR) is 106 cm³/mol. The Morgan fingerprint density at radius 1 is 1.15 bits per heavy atom. The Hall–Kier alpha value is -2.11. The summed E-state index contributed by atoms with van der Waals surface area (Å²) in [6.07, 6.45) is 2.49. The van der Waals surface area contributed by atoms with Gasteiger partial charge in [-0.05, 0) is 48.6 Å². The van der Waals surface area contributed by atoms with Gasteiger partial charge in [-0.2, -0.15) is 0 Å². The fourth-order valence-electron chi connectivity index (χ4n) is 3.14. The molecule has 1 aliphatic rings. The molecule has 0 aliphatic heterocycles. The van der Waals surface area contributed by atoms with Crippen molar-refractivity contribution in [3.8, 4) is 0 Å². The normalized spacial score (nSPS) is 15.6. The van der Waals surface area contributed by atoms with Crippen LogP contribution in [-0.2, 0) is 4.79 Å². The van der Waals surface area contributed by atoms with Gasteiger partial charge in [0.05, 0.1) is 5.54 Å². The number of carbonyl (C=O) groups is 2. The molecule has 0 radical (unpaired) electrons. The van der Waals surface area contributed by atoms with Crippen LogP contribution in [0.1, 0.15) is 36.5 Å². The summed E-state index contributed by atoms with van der Waals surface area (Å²) in [6.45, 7) is 2.74. The molecule has 0 aromatic heterocycles. The molecule has 1 fully saturated rings. The summed E-state index contributed by atoms with van der Waals surface area (Å²) >= 11 is 0. The Kier molecular flexibility index (Phi) is 6.62. The number of fused-ring (bicyclic) bond motifs is 1. The number of hydrogen-bond donors (Lipinski definition) is 3. The van der Waals surface area contributed by atoms with E-state index in [2.05, 4.69) is 10.6 Å². The molecule has 0 spiro atoms. The van der Waals surface area contributed by atoms with E-state index in [1.165, 1.54) is 0 Å². The van der Waals surface area contributed by atoms with E-state index in [1.807, 2.05) is 43.3 Å². The van der Waals surface area contributed by atoms with Crippen molar-refractivity contribution in [3.63, 3.8) is 0 Å². The number of benzene rings is 2. The van der Waals surface area contributed by atoms with Gasteiger partial charge in [-0.1, -0.05) is 30.3 Å². The van der Waals surface area contributed by atoms with Crippen LogP contribution in [0.5, 0.6) is 0 Å². The van der Waals surface area contributed by atoms with Crippen LogP contribution in [0.15, 0.2) is 42.5 Å². The first-order valence-electron chi connectivity index (χ1n) is 8.80. The Bertz CT molecular complexity index is 791. The molecule has 6 heteroatoms. The van der Waals surface area contributed by atoms with Crippen molar-refractivity contribution in [1.29, 1.82) is 0 Å². The Morgan fingerprint density at radius 2 is 1.85 bits per heavy atom. The van der Waals surface area contributed by atoms with Gasteiger partial charge in [-0.15, -0.1) is 12.4 Å². The predicted octanol–water partition coefficient (Wildman–Crippen LogP) is 2.63. The van der Waals surface area contributed by atoms with Gasteiger partial charge >= 0.3 is 0 Å². The zero-order chi connectivity index (χ0) is 17.9. The summed E-state index contributed by atoms with van der Waals surface area (Å²) in [4.78, 5) is 24.4. The third kappa shape index (κ3) is 4.74. The highest BCUT2D eigenvalue weighted by Crippen LogP contribution is 2.38. The third-order valence-electron chi connectivity index (χ3n) is 4.98. The van der Waals surface area contributed by atoms with Gasteiger partial charge in [-0.3, -0.25) is 9.59 Å². The van der Waals surface area contributed by atoms with Crippen molar-refractivity contribution in [3.05, 3.63) is 48.0 Å². The van der Waals surface area contributed by atoms with E-state index >= 15 is 0 Å². The van der Waals surface area contributed by atoms with Crippen molar-refractivity contribution in [2.75, 3.05) is 13.1 Å². The third-order valence-corrected chi connectivity index (χ3v) is 4.98.